The molecule has 0 aliphatic heterocycles. The van der Waals surface area contributed by atoms with Crippen molar-refractivity contribution >= 4 is 0 Å². The van der Waals surface area contributed by atoms with Crippen LogP contribution in [-0.2, 0) is 0 Å². The molecule has 0 saturated carbocycles. The van der Waals surface area contributed by atoms with Gasteiger partial charge in [-0.05, 0) is 24.3 Å². The summed E-state index contributed by atoms with van der Waals surface area (Å²) in [4.78, 5) is 8.66. The van der Waals surface area contributed by atoms with Gasteiger partial charge < -0.3 is 0 Å². The third-order valence-electron chi connectivity index (χ3n) is 2.68. The van der Waals surface area contributed by atoms with Crippen molar-refractivity contribution in [2.75, 3.05) is 0 Å². The third-order valence-corrected chi connectivity index (χ3v) is 2.68. The summed E-state index contributed by atoms with van der Waals surface area (Å²) in [6, 6.07) is 21.1. The Morgan fingerprint density at radius 3 is 1.61 bits per heavy atom. The zero-order chi connectivity index (χ0) is 12.2. The van der Waals surface area contributed by atoms with Gasteiger partial charge in [-0.3, -0.25) is 9.97 Å². The second kappa shape index (κ2) is 4.80. The van der Waals surface area contributed by atoms with Crippen LogP contribution in [0.2, 0.25) is 0 Å². The van der Waals surface area contributed by atoms with Gasteiger partial charge in [0.25, 0.3) is 0 Å². The molecule has 18 heavy (non-hydrogen) atoms. The normalized spacial score (nSPS) is 10.2. The van der Waals surface area contributed by atoms with E-state index in [-0.39, 0.29) is 0 Å². The monoisotopic (exact) mass is 231 g/mol. The molecule has 2 heteroatoms. The molecule has 3 rings (SSSR count). The van der Waals surface area contributed by atoms with E-state index >= 15 is 0 Å². The fourth-order valence-corrected chi connectivity index (χ4v) is 1.81. The molecular weight excluding hydrogens is 220 g/mol. The van der Waals surface area contributed by atoms with Gasteiger partial charge in [0.15, 0.2) is 0 Å². The molecule has 3 aromatic rings. The Hall–Kier alpha value is -2.48. The highest BCUT2D eigenvalue weighted by Gasteiger charge is 2.02. The van der Waals surface area contributed by atoms with E-state index in [1.807, 2.05) is 54.6 Å². The summed E-state index contributed by atoms with van der Waals surface area (Å²) in [6.45, 7) is 0. The minimum atomic E-state index is 0.926. The van der Waals surface area contributed by atoms with Gasteiger partial charge in [0.2, 0.25) is 0 Å². The summed E-state index contributed by atoms with van der Waals surface area (Å²) in [5.41, 5.74) is 3.82. The highest BCUT2D eigenvalue weighted by atomic mass is 14.7. The average Bonchev–Trinajstić information content (AvgIpc) is 2.49. The Morgan fingerprint density at radius 1 is 0.611 bits per heavy atom. The molecule has 0 bridgehead atoms. The van der Waals surface area contributed by atoms with Crippen molar-refractivity contribution in [1.29, 1.82) is 0 Å². The molecule has 0 amide bonds. The lowest BCUT2D eigenvalue weighted by atomic mass is 10.1. The zero-order valence-electron chi connectivity index (χ0n) is 9.75. The standard InChI is InChI=1S/C16H11N2/c1-3-10-17-15(8-1)13-6-5-7-14(12-13)16-9-2-4-11-18-16/h1-11H. The Labute approximate surface area is 106 Å². The molecule has 85 valence electrons. The Morgan fingerprint density at radius 2 is 1.17 bits per heavy atom. The van der Waals surface area contributed by atoms with E-state index < -0.39 is 0 Å². The predicted molar refractivity (Wildman–Crippen MR) is 71.7 cm³/mol. The summed E-state index contributed by atoms with van der Waals surface area (Å²) < 4.78 is 0. The van der Waals surface area contributed by atoms with Crippen molar-refractivity contribution in [3.8, 4) is 22.5 Å². The summed E-state index contributed by atoms with van der Waals surface area (Å²) in [5.74, 6) is 0. The highest BCUT2D eigenvalue weighted by molar-refractivity contribution is 5.68. The molecule has 0 unspecified atom stereocenters. The van der Waals surface area contributed by atoms with E-state index in [1.54, 1.807) is 12.4 Å². The molecule has 0 fully saturated rings. The lowest BCUT2D eigenvalue weighted by molar-refractivity contribution is 1.31. The second-order valence-electron chi connectivity index (χ2n) is 3.91. The van der Waals surface area contributed by atoms with Gasteiger partial charge in [-0.25, -0.2) is 0 Å². The van der Waals surface area contributed by atoms with Crippen molar-refractivity contribution in [3.05, 3.63) is 73.1 Å². The van der Waals surface area contributed by atoms with E-state index in [0.717, 1.165) is 22.5 Å². The van der Waals surface area contributed by atoms with Gasteiger partial charge in [-0.1, -0.05) is 30.3 Å². The molecule has 0 atom stereocenters. The van der Waals surface area contributed by atoms with Crippen molar-refractivity contribution in [2.45, 2.75) is 0 Å². The first-order chi connectivity index (χ1) is 8.93. The number of rotatable bonds is 2. The molecule has 2 nitrogen and oxygen atoms in total. The van der Waals surface area contributed by atoms with Gasteiger partial charge in [0, 0.05) is 29.6 Å². The largest absolute Gasteiger partial charge is 0.256 e. The molecule has 0 spiro atoms. The fourth-order valence-electron chi connectivity index (χ4n) is 1.81. The molecular formula is C16H11N2. The van der Waals surface area contributed by atoms with E-state index in [2.05, 4.69) is 16.0 Å². The molecule has 0 saturated heterocycles. The Kier molecular flexibility index (Phi) is 2.84. The summed E-state index contributed by atoms with van der Waals surface area (Å²) >= 11 is 0. The Balaban J connectivity index is 2.05. The lowest BCUT2D eigenvalue weighted by Crippen LogP contribution is -1.86. The quantitative estimate of drug-likeness (QED) is 0.673. The first kappa shape index (κ1) is 10.7. The summed E-state index contributed by atoms with van der Waals surface area (Å²) in [5, 5.41) is 0. The number of benzene rings is 1. The minimum Gasteiger partial charge on any atom is -0.256 e. The van der Waals surface area contributed by atoms with Crippen LogP contribution >= 0.6 is 0 Å². The first-order valence-corrected chi connectivity index (χ1v) is 5.78. The van der Waals surface area contributed by atoms with Gasteiger partial charge in [0.1, 0.15) is 0 Å². The van der Waals surface area contributed by atoms with Crippen LogP contribution in [0.25, 0.3) is 22.5 Å². The van der Waals surface area contributed by atoms with Crippen molar-refractivity contribution in [1.82, 2.24) is 9.97 Å². The van der Waals surface area contributed by atoms with Crippen molar-refractivity contribution in [2.24, 2.45) is 0 Å². The fraction of sp³-hybridized carbons (Fsp3) is 0. The number of pyridine rings is 2. The van der Waals surface area contributed by atoms with Gasteiger partial charge >= 0.3 is 0 Å². The SMILES string of the molecule is [c]1c(-c2ccccn2)cccc1-c1ccccn1. The third kappa shape index (κ3) is 2.13. The van der Waals surface area contributed by atoms with E-state index in [0.29, 0.717) is 0 Å². The lowest BCUT2D eigenvalue weighted by Gasteiger charge is -2.03. The van der Waals surface area contributed by atoms with Crippen LogP contribution in [0.3, 0.4) is 0 Å². The van der Waals surface area contributed by atoms with E-state index in [9.17, 15) is 0 Å². The molecule has 0 N–H and O–H groups in total. The number of nitrogens with zero attached hydrogens (tertiary/aromatic N) is 2. The number of hydrogen-bond donors (Lipinski definition) is 0. The molecule has 2 aromatic heterocycles. The maximum absolute atomic E-state index is 4.33. The molecule has 0 aliphatic carbocycles. The average molecular weight is 231 g/mol. The van der Waals surface area contributed by atoms with Crippen LogP contribution in [0.5, 0.6) is 0 Å². The van der Waals surface area contributed by atoms with Gasteiger partial charge in [-0.2, -0.15) is 0 Å². The maximum atomic E-state index is 4.33. The van der Waals surface area contributed by atoms with E-state index in [1.165, 1.54) is 0 Å². The summed E-state index contributed by atoms with van der Waals surface area (Å²) in [7, 11) is 0. The van der Waals surface area contributed by atoms with Crippen LogP contribution < -0.4 is 0 Å². The Bertz CT molecular complexity index is 579. The molecule has 1 radical (unpaired) electrons. The number of hydrogen-bond acceptors (Lipinski definition) is 2. The van der Waals surface area contributed by atoms with Gasteiger partial charge in [-0.15, -0.1) is 0 Å². The van der Waals surface area contributed by atoms with Crippen LogP contribution in [0.15, 0.2) is 67.0 Å². The molecule has 0 aliphatic rings. The van der Waals surface area contributed by atoms with Crippen LogP contribution in [0.1, 0.15) is 0 Å². The molecule has 1 aromatic carbocycles. The smallest absolute Gasteiger partial charge is 0.0708 e. The minimum absolute atomic E-state index is 0.926. The highest BCUT2D eigenvalue weighted by Crippen LogP contribution is 2.22. The van der Waals surface area contributed by atoms with Crippen LogP contribution in [-0.4, -0.2) is 9.97 Å². The van der Waals surface area contributed by atoms with Crippen molar-refractivity contribution < 1.29 is 0 Å². The first-order valence-electron chi connectivity index (χ1n) is 5.78. The predicted octanol–water partition coefficient (Wildman–Crippen LogP) is 3.61. The van der Waals surface area contributed by atoms with Crippen molar-refractivity contribution in [3.63, 3.8) is 0 Å². The number of aromatic nitrogens is 2. The van der Waals surface area contributed by atoms with Gasteiger partial charge in [0.05, 0.1) is 11.4 Å². The molecule has 2 heterocycles. The second-order valence-corrected chi connectivity index (χ2v) is 3.91. The maximum Gasteiger partial charge on any atom is 0.0708 e. The topological polar surface area (TPSA) is 25.8 Å². The zero-order valence-corrected chi connectivity index (χ0v) is 9.75. The van der Waals surface area contributed by atoms with E-state index in [4.69, 9.17) is 0 Å². The summed E-state index contributed by atoms with van der Waals surface area (Å²) in [6.07, 6.45) is 3.58. The van der Waals surface area contributed by atoms with Crippen LogP contribution in [0.4, 0.5) is 0 Å². The van der Waals surface area contributed by atoms with Crippen LogP contribution in [0, 0.1) is 6.07 Å².